The molecule has 0 spiro atoms. The fourth-order valence-electron chi connectivity index (χ4n) is 3.80. The molecule has 2 amide bonds. The standard InChI is InChI=1S/C30H27ClN2O3S/c1-20-16-26(27(36-2)19-25(20)31)33-30(35)29(22-12-7-4-8-13-22)37-24-15-9-14-23(18-24)32-28(34)17-21-10-5-3-6-11-21/h3-16,18-19,29H,17H2,1-2H3,(H,32,34)(H,33,35). The van der Waals surface area contributed by atoms with Gasteiger partial charge >= 0.3 is 0 Å². The molecule has 2 N–H and O–H groups in total. The minimum Gasteiger partial charge on any atom is -0.495 e. The van der Waals surface area contributed by atoms with E-state index in [9.17, 15) is 9.59 Å². The Bertz CT molecular complexity index is 1380. The van der Waals surface area contributed by atoms with Crippen LogP contribution in [0.2, 0.25) is 5.02 Å². The lowest BCUT2D eigenvalue weighted by Crippen LogP contribution is -2.19. The SMILES string of the molecule is COc1cc(Cl)c(C)cc1NC(=O)C(Sc1cccc(NC(=O)Cc2ccccc2)c1)c1ccccc1. The number of hydrogen-bond acceptors (Lipinski definition) is 4. The summed E-state index contributed by atoms with van der Waals surface area (Å²) in [4.78, 5) is 27.0. The van der Waals surface area contributed by atoms with E-state index >= 15 is 0 Å². The summed E-state index contributed by atoms with van der Waals surface area (Å²) >= 11 is 7.64. The number of rotatable bonds is 9. The van der Waals surface area contributed by atoms with Gasteiger partial charge in [0.2, 0.25) is 11.8 Å². The predicted molar refractivity (Wildman–Crippen MR) is 152 cm³/mol. The Morgan fingerprint density at radius 3 is 2.30 bits per heavy atom. The lowest BCUT2D eigenvalue weighted by Gasteiger charge is -2.19. The summed E-state index contributed by atoms with van der Waals surface area (Å²) in [5, 5.41) is 5.99. The van der Waals surface area contributed by atoms with Crippen LogP contribution in [0.1, 0.15) is 21.9 Å². The van der Waals surface area contributed by atoms with E-state index < -0.39 is 5.25 Å². The second-order valence-corrected chi connectivity index (χ2v) is 10.0. The molecule has 4 rings (SSSR count). The van der Waals surface area contributed by atoms with Crippen LogP contribution in [-0.2, 0) is 16.0 Å². The smallest absolute Gasteiger partial charge is 0.242 e. The zero-order valence-corrected chi connectivity index (χ0v) is 22.1. The van der Waals surface area contributed by atoms with Crippen LogP contribution in [0.5, 0.6) is 5.75 Å². The largest absolute Gasteiger partial charge is 0.495 e. The molecule has 0 aliphatic heterocycles. The zero-order valence-electron chi connectivity index (χ0n) is 20.5. The van der Waals surface area contributed by atoms with Crippen molar-refractivity contribution in [2.75, 3.05) is 17.7 Å². The van der Waals surface area contributed by atoms with Crippen LogP contribution in [0.4, 0.5) is 11.4 Å². The predicted octanol–water partition coefficient (Wildman–Crippen LogP) is 7.31. The van der Waals surface area contributed by atoms with Crippen molar-refractivity contribution < 1.29 is 14.3 Å². The molecule has 0 aromatic heterocycles. The Morgan fingerprint density at radius 2 is 1.59 bits per heavy atom. The number of methoxy groups -OCH3 is 1. The first-order valence-electron chi connectivity index (χ1n) is 11.7. The van der Waals surface area contributed by atoms with Gasteiger partial charge in [-0.25, -0.2) is 0 Å². The monoisotopic (exact) mass is 530 g/mol. The van der Waals surface area contributed by atoms with E-state index in [1.54, 1.807) is 12.1 Å². The van der Waals surface area contributed by atoms with Gasteiger partial charge in [0, 0.05) is 21.7 Å². The number of carbonyl (C=O) groups excluding carboxylic acids is 2. The molecular formula is C30H27ClN2O3S. The minimum atomic E-state index is -0.544. The first-order chi connectivity index (χ1) is 17.9. The molecule has 0 bridgehead atoms. The number of thioether (sulfide) groups is 1. The molecule has 4 aromatic carbocycles. The second-order valence-electron chi connectivity index (χ2n) is 8.44. The van der Waals surface area contributed by atoms with E-state index in [1.807, 2.05) is 91.9 Å². The van der Waals surface area contributed by atoms with Crippen LogP contribution < -0.4 is 15.4 Å². The average Bonchev–Trinajstić information content (AvgIpc) is 2.90. The van der Waals surface area contributed by atoms with Gasteiger partial charge in [0.15, 0.2) is 0 Å². The van der Waals surface area contributed by atoms with Gasteiger partial charge in [-0.3, -0.25) is 9.59 Å². The van der Waals surface area contributed by atoms with Gasteiger partial charge in [-0.1, -0.05) is 78.3 Å². The van der Waals surface area contributed by atoms with Crippen molar-refractivity contribution >= 4 is 46.6 Å². The van der Waals surface area contributed by atoms with Crippen molar-refractivity contribution in [2.24, 2.45) is 0 Å². The first-order valence-corrected chi connectivity index (χ1v) is 13.0. The quantitative estimate of drug-likeness (QED) is 0.223. The Balaban J connectivity index is 1.54. The van der Waals surface area contributed by atoms with Crippen molar-refractivity contribution in [1.82, 2.24) is 0 Å². The van der Waals surface area contributed by atoms with E-state index in [-0.39, 0.29) is 18.2 Å². The molecule has 7 heteroatoms. The Labute approximate surface area is 226 Å². The highest BCUT2D eigenvalue weighted by atomic mass is 35.5. The van der Waals surface area contributed by atoms with Crippen molar-refractivity contribution in [1.29, 1.82) is 0 Å². The summed E-state index contributed by atoms with van der Waals surface area (Å²) < 4.78 is 5.43. The molecule has 0 saturated heterocycles. The van der Waals surface area contributed by atoms with Gasteiger partial charge in [0.25, 0.3) is 0 Å². The van der Waals surface area contributed by atoms with Crippen LogP contribution >= 0.6 is 23.4 Å². The van der Waals surface area contributed by atoms with Crippen molar-refractivity contribution in [3.63, 3.8) is 0 Å². The molecule has 0 aliphatic carbocycles. The molecule has 1 atom stereocenters. The van der Waals surface area contributed by atoms with E-state index in [0.29, 0.717) is 22.1 Å². The van der Waals surface area contributed by atoms with Gasteiger partial charge in [-0.15, -0.1) is 11.8 Å². The highest BCUT2D eigenvalue weighted by Gasteiger charge is 2.24. The second kappa shape index (κ2) is 12.5. The third kappa shape index (κ3) is 7.15. The normalized spacial score (nSPS) is 11.4. The molecule has 1 unspecified atom stereocenters. The van der Waals surface area contributed by atoms with E-state index in [4.69, 9.17) is 16.3 Å². The maximum atomic E-state index is 13.6. The summed E-state index contributed by atoms with van der Waals surface area (Å²) in [6, 6.07) is 30.2. The molecule has 0 saturated carbocycles. The van der Waals surface area contributed by atoms with Crippen LogP contribution in [0.15, 0.2) is 102 Å². The number of halogens is 1. The van der Waals surface area contributed by atoms with Crippen molar-refractivity contribution in [3.05, 3.63) is 119 Å². The van der Waals surface area contributed by atoms with Crippen LogP contribution in [0, 0.1) is 6.92 Å². The van der Waals surface area contributed by atoms with Crippen molar-refractivity contribution in [2.45, 2.75) is 23.5 Å². The average molecular weight is 531 g/mol. The van der Waals surface area contributed by atoms with E-state index in [0.717, 1.165) is 21.6 Å². The summed E-state index contributed by atoms with van der Waals surface area (Å²) in [5.74, 6) is 0.189. The molecular weight excluding hydrogens is 504 g/mol. The molecule has 188 valence electrons. The molecule has 0 radical (unpaired) electrons. The summed E-state index contributed by atoms with van der Waals surface area (Å²) in [6.07, 6.45) is 0.287. The lowest BCUT2D eigenvalue weighted by atomic mass is 10.1. The maximum absolute atomic E-state index is 13.6. The third-order valence-electron chi connectivity index (χ3n) is 5.66. The topological polar surface area (TPSA) is 67.4 Å². The number of aryl methyl sites for hydroxylation is 1. The number of carbonyl (C=O) groups is 2. The van der Waals surface area contributed by atoms with Crippen molar-refractivity contribution in [3.8, 4) is 5.75 Å². The molecule has 4 aromatic rings. The van der Waals surface area contributed by atoms with Crippen LogP contribution in [0.25, 0.3) is 0 Å². The fourth-order valence-corrected chi connectivity index (χ4v) is 5.04. The lowest BCUT2D eigenvalue weighted by molar-refractivity contribution is -0.116. The Morgan fingerprint density at radius 1 is 0.892 bits per heavy atom. The number of amides is 2. The highest BCUT2D eigenvalue weighted by molar-refractivity contribution is 8.00. The van der Waals surface area contributed by atoms with Gasteiger partial charge in [-0.05, 0) is 47.9 Å². The highest BCUT2D eigenvalue weighted by Crippen LogP contribution is 2.38. The number of ether oxygens (including phenoxy) is 1. The van der Waals surface area contributed by atoms with E-state index in [2.05, 4.69) is 10.6 Å². The minimum absolute atomic E-state index is 0.101. The zero-order chi connectivity index (χ0) is 26.2. The molecule has 5 nitrogen and oxygen atoms in total. The summed E-state index contributed by atoms with van der Waals surface area (Å²) in [6.45, 7) is 1.87. The van der Waals surface area contributed by atoms with Gasteiger partial charge < -0.3 is 15.4 Å². The van der Waals surface area contributed by atoms with Gasteiger partial charge in [-0.2, -0.15) is 0 Å². The molecule has 0 aliphatic rings. The summed E-state index contributed by atoms with van der Waals surface area (Å²) in [5.41, 5.74) is 3.86. The van der Waals surface area contributed by atoms with E-state index in [1.165, 1.54) is 18.9 Å². The third-order valence-corrected chi connectivity index (χ3v) is 7.31. The molecule has 37 heavy (non-hydrogen) atoms. The number of hydrogen-bond donors (Lipinski definition) is 2. The molecule has 0 fully saturated rings. The van der Waals surface area contributed by atoms with Gasteiger partial charge in [0.1, 0.15) is 11.0 Å². The van der Waals surface area contributed by atoms with Crippen LogP contribution in [0.3, 0.4) is 0 Å². The maximum Gasteiger partial charge on any atom is 0.242 e. The number of nitrogens with one attached hydrogen (secondary N) is 2. The molecule has 0 heterocycles. The first kappa shape index (κ1) is 26.3. The fraction of sp³-hybridized carbons (Fsp3) is 0.133. The number of anilines is 2. The van der Waals surface area contributed by atoms with Gasteiger partial charge in [0.05, 0.1) is 19.2 Å². The number of benzene rings is 4. The van der Waals surface area contributed by atoms with Crippen LogP contribution in [-0.4, -0.2) is 18.9 Å². The summed E-state index contributed by atoms with van der Waals surface area (Å²) in [7, 11) is 1.54. The Hall–Kier alpha value is -3.74. The Kier molecular flexibility index (Phi) is 8.88.